The van der Waals surface area contributed by atoms with Crippen LogP contribution in [-0.4, -0.2) is 5.11 Å². The van der Waals surface area contributed by atoms with Crippen molar-refractivity contribution in [1.82, 2.24) is 0 Å². The van der Waals surface area contributed by atoms with E-state index in [9.17, 15) is 13.9 Å². The molecule has 1 unspecified atom stereocenters. The lowest BCUT2D eigenvalue weighted by atomic mass is 9.83. The molecule has 0 fully saturated rings. The Kier molecular flexibility index (Phi) is 3.67. The van der Waals surface area contributed by atoms with Crippen molar-refractivity contribution in [2.75, 3.05) is 0 Å². The van der Waals surface area contributed by atoms with E-state index in [2.05, 4.69) is 0 Å². The van der Waals surface area contributed by atoms with Crippen LogP contribution in [0, 0.1) is 18.6 Å². The van der Waals surface area contributed by atoms with Gasteiger partial charge in [-0.05, 0) is 36.6 Å². The third-order valence-corrected chi connectivity index (χ3v) is 3.48. The Morgan fingerprint density at radius 1 is 1.05 bits per heavy atom. The Labute approximate surface area is 111 Å². The molecule has 0 aliphatic carbocycles. The highest BCUT2D eigenvalue weighted by molar-refractivity contribution is 5.38. The van der Waals surface area contributed by atoms with Crippen LogP contribution in [0.5, 0.6) is 0 Å². The topological polar surface area (TPSA) is 20.2 Å². The largest absolute Gasteiger partial charge is 0.380 e. The van der Waals surface area contributed by atoms with Gasteiger partial charge in [-0.15, -0.1) is 0 Å². The van der Waals surface area contributed by atoms with Crippen LogP contribution in [0.2, 0.25) is 0 Å². The average molecular weight is 262 g/mol. The SMILES string of the molecule is CCC(O)(c1ccc(C)c(F)c1)c1ccccc1F. The van der Waals surface area contributed by atoms with E-state index >= 15 is 0 Å². The standard InChI is InChI=1S/C16H16F2O/c1-3-16(19,13-6-4-5-7-14(13)17)12-9-8-11(2)15(18)10-12/h4-10,19H,3H2,1-2H3. The second-order valence-electron chi connectivity index (χ2n) is 4.66. The highest BCUT2D eigenvalue weighted by Gasteiger charge is 2.32. The molecule has 0 aromatic heterocycles. The first-order valence-corrected chi connectivity index (χ1v) is 6.23. The minimum atomic E-state index is -1.51. The van der Waals surface area contributed by atoms with Gasteiger partial charge >= 0.3 is 0 Å². The summed E-state index contributed by atoms with van der Waals surface area (Å²) >= 11 is 0. The fourth-order valence-corrected chi connectivity index (χ4v) is 2.20. The molecule has 0 heterocycles. The molecule has 0 spiro atoms. The first kappa shape index (κ1) is 13.7. The Hall–Kier alpha value is -1.74. The lowest BCUT2D eigenvalue weighted by Gasteiger charge is -2.28. The van der Waals surface area contributed by atoms with Gasteiger partial charge in [0.05, 0.1) is 0 Å². The third-order valence-electron chi connectivity index (χ3n) is 3.48. The van der Waals surface area contributed by atoms with Crippen LogP contribution < -0.4 is 0 Å². The van der Waals surface area contributed by atoms with Gasteiger partial charge in [0.2, 0.25) is 0 Å². The van der Waals surface area contributed by atoms with Crippen molar-refractivity contribution in [3.8, 4) is 0 Å². The molecule has 1 nitrogen and oxygen atoms in total. The molecule has 0 radical (unpaired) electrons. The number of hydrogen-bond acceptors (Lipinski definition) is 1. The summed E-state index contributed by atoms with van der Waals surface area (Å²) in [5.41, 5.74) is -0.487. The second-order valence-corrected chi connectivity index (χ2v) is 4.66. The summed E-state index contributed by atoms with van der Waals surface area (Å²) in [4.78, 5) is 0. The lowest BCUT2D eigenvalue weighted by molar-refractivity contribution is 0.0722. The van der Waals surface area contributed by atoms with Crippen LogP contribution in [0.3, 0.4) is 0 Å². The zero-order valence-corrected chi connectivity index (χ0v) is 11.0. The Balaban J connectivity index is 2.60. The molecule has 0 amide bonds. The molecule has 19 heavy (non-hydrogen) atoms. The monoisotopic (exact) mass is 262 g/mol. The number of rotatable bonds is 3. The molecular formula is C16H16F2O. The molecule has 0 saturated heterocycles. The molecule has 2 aromatic rings. The van der Waals surface area contributed by atoms with Crippen molar-refractivity contribution >= 4 is 0 Å². The normalized spacial score (nSPS) is 14.2. The first-order chi connectivity index (χ1) is 8.99. The predicted octanol–water partition coefficient (Wildman–Crippen LogP) is 3.92. The molecule has 1 atom stereocenters. The molecule has 2 rings (SSSR count). The molecule has 1 N–H and O–H groups in total. The summed E-state index contributed by atoms with van der Waals surface area (Å²) < 4.78 is 27.5. The van der Waals surface area contributed by atoms with E-state index in [4.69, 9.17) is 0 Å². The van der Waals surface area contributed by atoms with E-state index in [0.717, 1.165) is 0 Å². The van der Waals surface area contributed by atoms with Crippen LogP contribution in [0.4, 0.5) is 8.78 Å². The van der Waals surface area contributed by atoms with Crippen molar-refractivity contribution in [3.63, 3.8) is 0 Å². The maximum Gasteiger partial charge on any atom is 0.129 e. The summed E-state index contributed by atoms with van der Waals surface area (Å²) in [5, 5.41) is 10.8. The van der Waals surface area contributed by atoms with E-state index in [1.165, 1.54) is 18.2 Å². The zero-order chi connectivity index (χ0) is 14.0. The van der Waals surface area contributed by atoms with Gasteiger partial charge in [-0.1, -0.05) is 37.3 Å². The highest BCUT2D eigenvalue weighted by atomic mass is 19.1. The maximum atomic E-state index is 13.9. The molecule has 0 saturated carbocycles. The Morgan fingerprint density at radius 3 is 2.32 bits per heavy atom. The molecular weight excluding hydrogens is 246 g/mol. The number of hydrogen-bond donors (Lipinski definition) is 1. The minimum absolute atomic E-state index is 0.167. The van der Waals surface area contributed by atoms with Crippen LogP contribution in [0.25, 0.3) is 0 Å². The van der Waals surface area contributed by atoms with E-state index in [-0.39, 0.29) is 12.0 Å². The van der Waals surface area contributed by atoms with Crippen LogP contribution >= 0.6 is 0 Å². The van der Waals surface area contributed by atoms with E-state index < -0.39 is 17.2 Å². The minimum Gasteiger partial charge on any atom is -0.380 e. The smallest absolute Gasteiger partial charge is 0.129 e. The fourth-order valence-electron chi connectivity index (χ4n) is 2.20. The van der Waals surface area contributed by atoms with Gasteiger partial charge in [-0.2, -0.15) is 0 Å². The number of aliphatic hydroxyl groups is 1. The van der Waals surface area contributed by atoms with Gasteiger partial charge < -0.3 is 5.11 Å². The van der Waals surface area contributed by atoms with E-state index in [1.807, 2.05) is 0 Å². The van der Waals surface area contributed by atoms with Gasteiger partial charge in [-0.3, -0.25) is 0 Å². The Morgan fingerprint density at radius 2 is 1.74 bits per heavy atom. The Bertz CT molecular complexity index is 595. The number of halogens is 2. The van der Waals surface area contributed by atoms with Crippen molar-refractivity contribution in [2.45, 2.75) is 25.9 Å². The molecule has 0 aliphatic rings. The van der Waals surface area contributed by atoms with Gasteiger partial charge in [-0.25, -0.2) is 8.78 Å². The summed E-state index contributed by atoms with van der Waals surface area (Å²) in [6, 6.07) is 10.5. The summed E-state index contributed by atoms with van der Waals surface area (Å²) in [5.74, 6) is -0.895. The van der Waals surface area contributed by atoms with Crippen molar-refractivity contribution in [1.29, 1.82) is 0 Å². The second kappa shape index (κ2) is 5.10. The van der Waals surface area contributed by atoms with E-state index in [1.54, 1.807) is 38.1 Å². The highest BCUT2D eigenvalue weighted by Crippen LogP contribution is 2.34. The van der Waals surface area contributed by atoms with Crippen molar-refractivity contribution in [2.24, 2.45) is 0 Å². The number of aryl methyl sites for hydroxylation is 1. The van der Waals surface area contributed by atoms with Crippen molar-refractivity contribution in [3.05, 3.63) is 70.8 Å². The van der Waals surface area contributed by atoms with Crippen LogP contribution in [0.15, 0.2) is 42.5 Å². The maximum absolute atomic E-state index is 13.9. The quantitative estimate of drug-likeness (QED) is 0.889. The summed E-state index contributed by atoms with van der Waals surface area (Å²) in [7, 11) is 0. The predicted molar refractivity (Wildman–Crippen MR) is 70.8 cm³/mol. The first-order valence-electron chi connectivity index (χ1n) is 6.23. The van der Waals surface area contributed by atoms with Crippen molar-refractivity contribution < 1.29 is 13.9 Å². The van der Waals surface area contributed by atoms with Gasteiger partial charge in [0.15, 0.2) is 0 Å². The zero-order valence-electron chi connectivity index (χ0n) is 11.0. The van der Waals surface area contributed by atoms with Gasteiger partial charge in [0.1, 0.15) is 17.2 Å². The number of benzene rings is 2. The molecule has 2 aromatic carbocycles. The summed E-state index contributed by atoms with van der Waals surface area (Å²) in [6.45, 7) is 3.39. The fraction of sp³-hybridized carbons (Fsp3) is 0.250. The van der Waals surface area contributed by atoms with Crippen LogP contribution in [-0.2, 0) is 5.60 Å². The molecule has 0 bridgehead atoms. The average Bonchev–Trinajstić information content (AvgIpc) is 2.41. The molecule has 100 valence electrons. The molecule has 0 aliphatic heterocycles. The van der Waals surface area contributed by atoms with Crippen LogP contribution in [0.1, 0.15) is 30.0 Å². The molecule has 3 heteroatoms. The lowest BCUT2D eigenvalue weighted by Crippen LogP contribution is -2.27. The summed E-state index contributed by atoms with van der Waals surface area (Å²) in [6.07, 6.45) is 0.260. The van der Waals surface area contributed by atoms with Gasteiger partial charge in [0, 0.05) is 5.56 Å². The van der Waals surface area contributed by atoms with Gasteiger partial charge in [0.25, 0.3) is 0 Å². The third kappa shape index (κ3) is 2.38. The van der Waals surface area contributed by atoms with E-state index in [0.29, 0.717) is 11.1 Å².